The van der Waals surface area contributed by atoms with Gasteiger partial charge in [0.25, 0.3) is 0 Å². The van der Waals surface area contributed by atoms with Crippen molar-refractivity contribution in [2.45, 2.75) is 6.92 Å². The standard InChI is InChI=1S/C17H19NO3/c1-13-6-3-4-9-16(13)18(2)10-11-21-15-8-5-7-14(12-15)17(19)20/h3-9,12H,10-11H2,1-2H3,(H,19,20). The summed E-state index contributed by atoms with van der Waals surface area (Å²) in [5.41, 5.74) is 2.62. The average Bonchev–Trinajstić information content (AvgIpc) is 2.48. The molecule has 0 aliphatic heterocycles. The highest BCUT2D eigenvalue weighted by molar-refractivity contribution is 5.87. The molecule has 2 aromatic carbocycles. The molecule has 110 valence electrons. The van der Waals surface area contributed by atoms with Gasteiger partial charge in [-0.05, 0) is 36.8 Å². The lowest BCUT2D eigenvalue weighted by Gasteiger charge is -2.21. The maximum absolute atomic E-state index is 10.9. The van der Waals surface area contributed by atoms with Crippen LogP contribution in [0.3, 0.4) is 0 Å². The molecule has 21 heavy (non-hydrogen) atoms. The predicted octanol–water partition coefficient (Wildman–Crippen LogP) is 3.21. The molecule has 0 spiro atoms. The third-order valence-electron chi connectivity index (χ3n) is 3.30. The van der Waals surface area contributed by atoms with Crippen molar-refractivity contribution in [1.29, 1.82) is 0 Å². The van der Waals surface area contributed by atoms with Crippen LogP contribution in [-0.4, -0.2) is 31.3 Å². The van der Waals surface area contributed by atoms with Crippen LogP contribution in [0.4, 0.5) is 5.69 Å². The second-order valence-corrected chi connectivity index (χ2v) is 4.89. The van der Waals surface area contributed by atoms with E-state index in [-0.39, 0.29) is 5.56 Å². The van der Waals surface area contributed by atoms with Crippen molar-refractivity contribution in [2.24, 2.45) is 0 Å². The van der Waals surface area contributed by atoms with E-state index in [1.54, 1.807) is 18.2 Å². The number of para-hydroxylation sites is 1. The number of rotatable bonds is 6. The van der Waals surface area contributed by atoms with Gasteiger partial charge in [0.15, 0.2) is 0 Å². The number of carboxylic acid groups (broad SMARTS) is 1. The maximum Gasteiger partial charge on any atom is 0.335 e. The van der Waals surface area contributed by atoms with Crippen molar-refractivity contribution in [1.82, 2.24) is 0 Å². The summed E-state index contributed by atoms with van der Waals surface area (Å²) in [6.07, 6.45) is 0. The molecule has 2 aromatic rings. The Labute approximate surface area is 124 Å². The van der Waals surface area contributed by atoms with E-state index < -0.39 is 5.97 Å². The molecule has 0 radical (unpaired) electrons. The predicted molar refractivity (Wildman–Crippen MR) is 83.3 cm³/mol. The second kappa shape index (κ2) is 6.79. The first kappa shape index (κ1) is 14.9. The lowest BCUT2D eigenvalue weighted by molar-refractivity contribution is 0.0696. The quantitative estimate of drug-likeness (QED) is 0.885. The number of nitrogens with zero attached hydrogens (tertiary/aromatic N) is 1. The average molecular weight is 285 g/mol. The molecule has 0 aliphatic rings. The van der Waals surface area contributed by atoms with E-state index >= 15 is 0 Å². The van der Waals surface area contributed by atoms with E-state index in [0.29, 0.717) is 12.4 Å². The van der Waals surface area contributed by atoms with Gasteiger partial charge >= 0.3 is 5.97 Å². The zero-order valence-electron chi connectivity index (χ0n) is 12.2. The fraction of sp³-hybridized carbons (Fsp3) is 0.235. The molecule has 0 aliphatic carbocycles. The zero-order valence-corrected chi connectivity index (χ0v) is 12.2. The number of anilines is 1. The number of ether oxygens (including phenoxy) is 1. The Morgan fingerprint density at radius 2 is 1.95 bits per heavy atom. The summed E-state index contributed by atoms with van der Waals surface area (Å²) in [4.78, 5) is 13.0. The molecule has 0 unspecified atom stereocenters. The van der Waals surface area contributed by atoms with Crippen molar-refractivity contribution >= 4 is 11.7 Å². The van der Waals surface area contributed by atoms with Crippen LogP contribution < -0.4 is 9.64 Å². The molecule has 0 amide bonds. The molecule has 0 atom stereocenters. The minimum Gasteiger partial charge on any atom is -0.492 e. The lowest BCUT2D eigenvalue weighted by atomic mass is 10.2. The Bertz CT molecular complexity index is 625. The summed E-state index contributed by atoms with van der Waals surface area (Å²) in [6, 6.07) is 14.7. The van der Waals surface area contributed by atoms with E-state index in [1.807, 2.05) is 19.2 Å². The second-order valence-electron chi connectivity index (χ2n) is 4.89. The van der Waals surface area contributed by atoms with Crippen LogP contribution in [0.1, 0.15) is 15.9 Å². The fourth-order valence-corrected chi connectivity index (χ4v) is 2.13. The minimum absolute atomic E-state index is 0.236. The molecule has 1 N–H and O–H groups in total. The normalized spacial score (nSPS) is 10.2. The Morgan fingerprint density at radius 1 is 1.19 bits per heavy atom. The first-order valence-electron chi connectivity index (χ1n) is 6.81. The van der Waals surface area contributed by atoms with E-state index in [4.69, 9.17) is 9.84 Å². The van der Waals surface area contributed by atoms with Crippen LogP contribution in [0, 0.1) is 6.92 Å². The molecule has 4 nitrogen and oxygen atoms in total. The van der Waals surface area contributed by atoms with Gasteiger partial charge in [-0.1, -0.05) is 24.3 Å². The van der Waals surface area contributed by atoms with Crippen molar-refractivity contribution in [3.63, 3.8) is 0 Å². The number of likely N-dealkylation sites (N-methyl/N-ethyl adjacent to an activating group) is 1. The monoisotopic (exact) mass is 285 g/mol. The number of carboxylic acids is 1. The van der Waals surface area contributed by atoms with Crippen LogP contribution in [0.25, 0.3) is 0 Å². The summed E-state index contributed by atoms with van der Waals surface area (Å²) in [7, 11) is 2.01. The van der Waals surface area contributed by atoms with Gasteiger partial charge in [0, 0.05) is 12.7 Å². The fourth-order valence-electron chi connectivity index (χ4n) is 2.13. The molecule has 2 rings (SSSR count). The van der Waals surface area contributed by atoms with Gasteiger partial charge in [-0.25, -0.2) is 4.79 Å². The first-order valence-corrected chi connectivity index (χ1v) is 6.81. The molecule has 0 fully saturated rings. The highest BCUT2D eigenvalue weighted by Crippen LogP contribution is 2.18. The SMILES string of the molecule is Cc1ccccc1N(C)CCOc1cccc(C(=O)O)c1. The van der Waals surface area contributed by atoms with Crippen LogP contribution >= 0.6 is 0 Å². The number of carbonyl (C=O) groups is 1. The molecule has 4 heteroatoms. The Hall–Kier alpha value is -2.49. The van der Waals surface area contributed by atoms with Gasteiger partial charge in [0.2, 0.25) is 0 Å². The van der Waals surface area contributed by atoms with Crippen LogP contribution in [-0.2, 0) is 0 Å². The van der Waals surface area contributed by atoms with Gasteiger partial charge in [-0.2, -0.15) is 0 Å². The topological polar surface area (TPSA) is 49.8 Å². The highest BCUT2D eigenvalue weighted by Gasteiger charge is 2.06. The van der Waals surface area contributed by atoms with Crippen LogP contribution in [0.2, 0.25) is 0 Å². The van der Waals surface area contributed by atoms with Gasteiger partial charge < -0.3 is 14.7 Å². The van der Waals surface area contributed by atoms with Gasteiger partial charge in [-0.15, -0.1) is 0 Å². The molecule has 0 aromatic heterocycles. The molecule has 0 heterocycles. The van der Waals surface area contributed by atoms with Crippen molar-refractivity contribution < 1.29 is 14.6 Å². The molecule has 0 saturated heterocycles. The van der Waals surface area contributed by atoms with Crippen molar-refractivity contribution in [3.05, 3.63) is 59.7 Å². The summed E-state index contributed by atoms with van der Waals surface area (Å²) >= 11 is 0. The lowest BCUT2D eigenvalue weighted by Crippen LogP contribution is -2.24. The largest absolute Gasteiger partial charge is 0.492 e. The highest BCUT2D eigenvalue weighted by atomic mass is 16.5. The van der Waals surface area contributed by atoms with Gasteiger partial charge in [-0.3, -0.25) is 0 Å². The number of aromatic carboxylic acids is 1. The molecular weight excluding hydrogens is 266 g/mol. The number of benzene rings is 2. The zero-order chi connectivity index (χ0) is 15.2. The number of hydrogen-bond acceptors (Lipinski definition) is 3. The summed E-state index contributed by atoms with van der Waals surface area (Å²) in [5.74, 6) is -0.370. The summed E-state index contributed by atoms with van der Waals surface area (Å²) in [5, 5.41) is 8.94. The Morgan fingerprint density at radius 3 is 2.67 bits per heavy atom. The Kier molecular flexibility index (Phi) is 4.82. The smallest absolute Gasteiger partial charge is 0.335 e. The van der Waals surface area contributed by atoms with Crippen molar-refractivity contribution in [2.75, 3.05) is 25.1 Å². The van der Waals surface area contributed by atoms with Gasteiger partial charge in [0.05, 0.1) is 12.1 Å². The molecular formula is C17H19NO3. The third-order valence-corrected chi connectivity index (χ3v) is 3.30. The number of hydrogen-bond donors (Lipinski definition) is 1. The van der Waals surface area contributed by atoms with Gasteiger partial charge in [0.1, 0.15) is 12.4 Å². The molecule has 0 bridgehead atoms. The van der Waals surface area contributed by atoms with Crippen LogP contribution in [0.5, 0.6) is 5.75 Å². The van der Waals surface area contributed by atoms with Crippen molar-refractivity contribution in [3.8, 4) is 5.75 Å². The van der Waals surface area contributed by atoms with E-state index in [0.717, 1.165) is 6.54 Å². The minimum atomic E-state index is -0.947. The van der Waals surface area contributed by atoms with E-state index in [1.165, 1.54) is 17.3 Å². The number of aryl methyl sites for hydroxylation is 1. The third kappa shape index (κ3) is 3.99. The molecule has 0 saturated carbocycles. The first-order chi connectivity index (χ1) is 10.1. The summed E-state index contributed by atoms with van der Waals surface area (Å²) in [6.45, 7) is 3.29. The van der Waals surface area contributed by atoms with E-state index in [9.17, 15) is 4.79 Å². The Balaban J connectivity index is 1.91. The van der Waals surface area contributed by atoms with E-state index in [2.05, 4.69) is 24.0 Å². The summed E-state index contributed by atoms with van der Waals surface area (Å²) < 4.78 is 5.62. The maximum atomic E-state index is 10.9. The van der Waals surface area contributed by atoms with Crippen LogP contribution in [0.15, 0.2) is 48.5 Å².